The van der Waals surface area contributed by atoms with Gasteiger partial charge in [0.15, 0.2) is 0 Å². The van der Waals surface area contributed by atoms with E-state index in [-0.39, 0.29) is 19.1 Å². The van der Waals surface area contributed by atoms with E-state index >= 15 is 0 Å². The third kappa shape index (κ3) is 1.60. The summed E-state index contributed by atoms with van der Waals surface area (Å²) in [5.41, 5.74) is 0.983. The molecule has 0 unspecified atom stereocenters. The number of ether oxygens (including phenoxy) is 1. The molecule has 1 aliphatic rings. The smallest absolute Gasteiger partial charge is 0.310 e. The van der Waals surface area contributed by atoms with Crippen molar-refractivity contribution in [2.45, 2.75) is 13.1 Å². The Morgan fingerprint density at radius 1 is 1.47 bits per heavy atom. The summed E-state index contributed by atoms with van der Waals surface area (Å²) in [6.45, 7) is 0.354. The van der Waals surface area contributed by atoms with Crippen LogP contribution in [0.3, 0.4) is 0 Å². The van der Waals surface area contributed by atoms with Gasteiger partial charge in [-0.1, -0.05) is 0 Å². The summed E-state index contributed by atoms with van der Waals surface area (Å²) in [5.74, 6) is 0. The minimum absolute atomic E-state index is 0.0376. The van der Waals surface area contributed by atoms with Crippen LogP contribution in [0.2, 0.25) is 0 Å². The van der Waals surface area contributed by atoms with Crippen LogP contribution >= 0.6 is 0 Å². The number of nitrogens with zero attached hydrogens (tertiary/aromatic N) is 3. The molecule has 15 heavy (non-hydrogen) atoms. The van der Waals surface area contributed by atoms with E-state index in [4.69, 9.17) is 4.74 Å². The molecule has 1 aromatic heterocycles. The Hall–Kier alpha value is -1.12. The van der Waals surface area contributed by atoms with Crippen molar-refractivity contribution in [3.8, 4) is 6.01 Å². The lowest BCUT2D eigenvalue weighted by molar-refractivity contribution is -0.0983. The zero-order valence-electron chi connectivity index (χ0n) is 8.34. The number of rotatable bonds is 2. The fourth-order valence-electron chi connectivity index (χ4n) is 1.61. The van der Waals surface area contributed by atoms with E-state index in [0.29, 0.717) is 11.4 Å². The molecule has 0 radical (unpaired) electrons. The van der Waals surface area contributed by atoms with Crippen molar-refractivity contribution in [3.05, 3.63) is 11.4 Å². The molecule has 2 heterocycles. The number of fused-ring (bicyclic) bond motifs is 1. The third-order valence-electron chi connectivity index (χ3n) is 2.16. The first-order valence-corrected chi connectivity index (χ1v) is 6.07. The number of methoxy groups -OCH3 is 1. The van der Waals surface area contributed by atoms with E-state index in [2.05, 4.69) is 4.98 Å². The molecule has 0 aromatic carbocycles. The predicted octanol–water partition coefficient (Wildman–Crippen LogP) is -0.596. The summed E-state index contributed by atoms with van der Waals surface area (Å²) >= 11 is 0. The van der Waals surface area contributed by atoms with Crippen LogP contribution in [0.15, 0.2) is 0 Å². The van der Waals surface area contributed by atoms with Crippen LogP contribution in [-0.4, -0.2) is 41.0 Å². The molecule has 0 bridgehead atoms. The number of hydrogen-bond donors (Lipinski definition) is 1. The second-order valence-corrected chi connectivity index (χ2v) is 5.17. The zero-order valence-corrected chi connectivity index (χ0v) is 9.15. The highest BCUT2D eigenvalue weighted by Gasteiger charge is 2.30. The van der Waals surface area contributed by atoms with Crippen LogP contribution in [0.1, 0.15) is 11.4 Å². The summed E-state index contributed by atoms with van der Waals surface area (Å²) in [7, 11) is -2.10. The average molecular weight is 233 g/mol. The molecular formula is C7H11N3O4S. The molecule has 0 spiro atoms. The fourth-order valence-corrected chi connectivity index (χ4v) is 2.57. The van der Waals surface area contributed by atoms with E-state index in [1.165, 1.54) is 7.11 Å². The van der Waals surface area contributed by atoms with Crippen molar-refractivity contribution in [2.75, 3.05) is 13.4 Å². The second kappa shape index (κ2) is 3.19. The van der Waals surface area contributed by atoms with Gasteiger partial charge >= 0.3 is 6.01 Å². The molecule has 0 amide bonds. The molecule has 1 aromatic rings. The van der Waals surface area contributed by atoms with E-state index in [1.54, 1.807) is 0 Å². The van der Waals surface area contributed by atoms with Gasteiger partial charge in [0.05, 0.1) is 37.8 Å². The van der Waals surface area contributed by atoms with Crippen LogP contribution in [0, 0.1) is 0 Å². The van der Waals surface area contributed by atoms with Gasteiger partial charge in [-0.2, -0.15) is 14.0 Å². The van der Waals surface area contributed by atoms with Gasteiger partial charge in [-0.05, 0) is 0 Å². The highest BCUT2D eigenvalue weighted by Crippen LogP contribution is 2.27. The highest BCUT2D eigenvalue weighted by molar-refractivity contribution is 7.89. The molecule has 0 fully saturated rings. The molecule has 0 saturated carbocycles. The van der Waals surface area contributed by atoms with Crippen LogP contribution in [0.4, 0.5) is 0 Å². The van der Waals surface area contributed by atoms with Crippen LogP contribution in [0.5, 0.6) is 6.01 Å². The summed E-state index contributed by atoms with van der Waals surface area (Å²) in [6, 6.07) is 0.0376. The van der Waals surface area contributed by atoms with Crippen molar-refractivity contribution >= 4 is 10.0 Å². The number of aromatic nitrogens is 2. The van der Waals surface area contributed by atoms with Crippen molar-refractivity contribution in [1.29, 1.82) is 0 Å². The molecule has 0 aliphatic carbocycles. The zero-order chi connectivity index (χ0) is 11.2. The van der Waals surface area contributed by atoms with Crippen LogP contribution in [-0.2, 0) is 23.1 Å². The van der Waals surface area contributed by atoms with E-state index in [0.717, 1.165) is 15.3 Å². The Balaban J connectivity index is 2.62. The van der Waals surface area contributed by atoms with Gasteiger partial charge < -0.3 is 9.94 Å². The maximum absolute atomic E-state index is 11.5. The average Bonchev–Trinajstić information content (AvgIpc) is 2.56. The molecule has 7 nitrogen and oxygen atoms in total. The van der Waals surface area contributed by atoms with E-state index in [9.17, 15) is 13.6 Å². The maximum Gasteiger partial charge on any atom is 0.310 e. The summed E-state index contributed by atoms with van der Waals surface area (Å²) < 4.78 is 28.9. The van der Waals surface area contributed by atoms with Gasteiger partial charge in [0.25, 0.3) is 0 Å². The largest absolute Gasteiger partial charge is 0.467 e. The standard InChI is InChI=1S/C7H11N3O4S/c1-14-7-8-5-3-9(11)4-6(5)10(7)15(2,12)13/h11H,3-4H2,1-2H3. The van der Waals surface area contributed by atoms with Crippen molar-refractivity contribution in [2.24, 2.45) is 0 Å². The molecule has 0 saturated heterocycles. The van der Waals surface area contributed by atoms with Gasteiger partial charge in [0.1, 0.15) is 0 Å². The first kappa shape index (κ1) is 10.4. The van der Waals surface area contributed by atoms with E-state index in [1.807, 2.05) is 0 Å². The minimum atomic E-state index is -3.46. The Morgan fingerprint density at radius 3 is 2.67 bits per heavy atom. The van der Waals surface area contributed by atoms with Crippen molar-refractivity contribution in [1.82, 2.24) is 14.0 Å². The quantitative estimate of drug-likeness (QED) is 0.734. The number of imidazole rings is 1. The summed E-state index contributed by atoms with van der Waals surface area (Å²) in [6.07, 6.45) is 1.07. The number of hydroxylamine groups is 2. The molecule has 84 valence electrons. The topological polar surface area (TPSA) is 84.7 Å². The molecular weight excluding hydrogens is 222 g/mol. The monoisotopic (exact) mass is 233 g/mol. The first-order valence-electron chi connectivity index (χ1n) is 4.22. The van der Waals surface area contributed by atoms with Crippen LogP contribution in [0.25, 0.3) is 0 Å². The molecule has 1 N–H and O–H groups in total. The third-order valence-corrected chi connectivity index (χ3v) is 3.20. The van der Waals surface area contributed by atoms with Gasteiger partial charge in [-0.15, -0.1) is 0 Å². The molecule has 8 heteroatoms. The lowest BCUT2D eigenvalue weighted by Gasteiger charge is -2.08. The lowest BCUT2D eigenvalue weighted by atomic mass is 10.4. The van der Waals surface area contributed by atoms with Gasteiger partial charge in [-0.25, -0.2) is 8.42 Å². The van der Waals surface area contributed by atoms with E-state index < -0.39 is 10.0 Å². The molecule has 1 aliphatic heterocycles. The van der Waals surface area contributed by atoms with Crippen molar-refractivity contribution in [3.63, 3.8) is 0 Å². The summed E-state index contributed by atoms with van der Waals surface area (Å²) in [5, 5.41) is 10.2. The highest BCUT2D eigenvalue weighted by atomic mass is 32.2. The Morgan fingerprint density at radius 2 is 2.13 bits per heavy atom. The second-order valence-electron chi connectivity index (χ2n) is 3.34. The molecule has 2 rings (SSSR count). The van der Waals surface area contributed by atoms with Gasteiger partial charge in [0.2, 0.25) is 10.0 Å². The fraction of sp³-hybridized carbons (Fsp3) is 0.571. The SMILES string of the molecule is COc1nc2c(n1S(C)(=O)=O)CN(O)C2. The lowest BCUT2D eigenvalue weighted by Crippen LogP contribution is -2.17. The number of hydrogen-bond acceptors (Lipinski definition) is 6. The first-order chi connectivity index (χ1) is 6.93. The Bertz CT molecular complexity index is 493. The van der Waals surface area contributed by atoms with Crippen LogP contribution < -0.4 is 4.74 Å². The Kier molecular flexibility index (Phi) is 2.21. The van der Waals surface area contributed by atoms with Gasteiger partial charge in [-0.3, -0.25) is 0 Å². The van der Waals surface area contributed by atoms with Crippen molar-refractivity contribution < 1.29 is 18.4 Å². The normalized spacial score (nSPS) is 16.7. The minimum Gasteiger partial charge on any atom is -0.467 e. The summed E-state index contributed by atoms with van der Waals surface area (Å²) in [4.78, 5) is 3.99. The van der Waals surface area contributed by atoms with Gasteiger partial charge in [0, 0.05) is 0 Å². The maximum atomic E-state index is 11.5. The molecule has 0 atom stereocenters. The Labute approximate surface area is 86.9 Å². The predicted molar refractivity (Wildman–Crippen MR) is 50.1 cm³/mol.